The molecule has 0 aromatic heterocycles. The molecular formula is C26H31NO2. The Morgan fingerprint density at radius 2 is 1.69 bits per heavy atom. The van der Waals surface area contributed by atoms with E-state index < -0.39 is 0 Å². The SMILES string of the molecule is C=CCC[C@H]1CC[C@H](C(=O)Oc2ccc(C#C[C@H]3CC[C@H](C#N)CC3)cc2)CC1. The van der Waals surface area contributed by atoms with Crippen LogP contribution < -0.4 is 4.74 Å². The lowest BCUT2D eigenvalue weighted by molar-refractivity contribution is -0.140. The van der Waals surface area contributed by atoms with E-state index in [1.165, 1.54) is 6.42 Å². The number of ether oxygens (including phenoxy) is 1. The zero-order valence-electron chi connectivity index (χ0n) is 17.2. The Morgan fingerprint density at radius 3 is 2.31 bits per heavy atom. The van der Waals surface area contributed by atoms with Gasteiger partial charge in [0.15, 0.2) is 0 Å². The highest BCUT2D eigenvalue weighted by molar-refractivity contribution is 5.75. The number of hydrogen-bond acceptors (Lipinski definition) is 3. The number of esters is 1. The van der Waals surface area contributed by atoms with E-state index in [9.17, 15) is 4.79 Å². The molecule has 0 spiro atoms. The van der Waals surface area contributed by atoms with Gasteiger partial charge in [-0.3, -0.25) is 4.79 Å². The summed E-state index contributed by atoms with van der Waals surface area (Å²) in [6, 6.07) is 9.87. The second-order valence-electron chi connectivity index (χ2n) is 8.48. The third-order valence-electron chi connectivity index (χ3n) is 6.36. The van der Waals surface area contributed by atoms with Crippen molar-refractivity contribution in [3.63, 3.8) is 0 Å². The monoisotopic (exact) mass is 389 g/mol. The summed E-state index contributed by atoms with van der Waals surface area (Å²) in [5.74, 6) is 8.43. The van der Waals surface area contributed by atoms with Crippen LogP contribution in [0.5, 0.6) is 5.75 Å². The summed E-state index contributed by atoms with van der Waals surface area (Å²) < 4.78 is 5.61. The van der Waals surface area contributed by atoms with Gasteiger partial charge in [-0.05, 0) is 94.4 Å². The molecule has 3 nitrogen and oxygen atoms in total. The molecule has 3 heteroatoms. The molecule has 152 valence electrons. The van der Waals surface area contributed by atoms with Gasteiger partial charge in [-0.25, -0.2) is 0 Å². The quantitative estimate of drug-likeness (QED) is 0.267. The maximum absolute atomic E-state index is 12.5. The Morgan fingerprint density at radius 1 is 1.03 bits per heavy atom. The molecule has 0 atom stereocenters. The van der Waals surface area contributed by atoms with Crippen molar-refractivity contribution in [3.8, 4) is 23.7 Å². The largest absolute Gasteiger partial charge is 0.426 e. The van der Waals surface area contributed by atoms with Gasteiger partial charge in [-0.15, -0.1) is 6.58 Å². The van der Waals surface area contributed by atoms with E-state index in [-0.39, 0.29) is 17.8 Å². The van der Waals surface area contributed by atoms with Crippen molar-refractivity contribution in [1.82, 2.24) is 0 Å². The molecule has 2 saturated carbocycles. The van der Waals surface area contributed by atoms with Crippen molar-refractivity contribution < 1.29 is 9.53 Å². The van der Waals surface area contributed by atoms with E-state index >= 15 is 0 Å². The van der Waals surface area contributed by atoms with Gasteiger partial charge in [0.1, 0.15) is 5.75 Å². The second-order valence-corrected chi connectivity index (χ2v) is 8.48. The van der Waals surface area contributed by atoms with Crippen molar-refractivity contribution in [3.05, 3.63) is 42.5 Å². The van der Waals surface area contributed by atoms with Crippen LogP contribution in [0.25, 0.3) is 0 Å². The molecule has 29 heavy (non-hydrogen) atoms. The minimum Gasteiger partial charge on any atom is -0.426 e. The zero-order chi connectivity index (χ0) is 20.5. The van der Waals surface area contributed by atoms with Crippen LogP contribution in [-0.4, -0.2) is 5.97 Å². The van der Waals surface area contributed by atoms with Crippen molar-refractivity contribution in [2.75, 3.05) is 0 Å². The van der Waals surface area contributed by atoms with Crippen molar-refractivity contribution in [2.24, 2.45) is 23.7 Å². The molecule has 0 radical (unpaired) electrons. The van der Waals surface area contributed by atoms with E-state index in [0.717, 1.165) is 69.3 Å². The first kappa shape index (κ1) is 21.2. The van der Waals surface area contributed by atoms with E-state index in [1.807, 2.05) is 30.3 Å². The number of nitrogens with zero attached hydrogens (tertiary/aromatic N) is 1. The summed E-state index contributed by atoms with van der Waals surface area (Å²) in [5, 5.41) is 8.97. The van der Waals surface area contributed by atoms with Gasteiger partial charge < -0.3 is 4.74 Å². The third kappa shape index (κ3) is 6.50. The number of allylic oxidation sites excluding steroid dienone is 1. The average Bonchev–Trinajstić information content (AvgIpc) is 2.78. The summed E-state index contributed by atoms with van der Waals surface area (Å²) in [6.45, 7) is 3.79. The molecule has 2 fully saturated rings. The molecule has 0 aliphatic heterocycles. The molecule has 1 aromatic carbocycles. The van der Waals surface area contributed by atoms with Crippen molar-refractivity contribution in [2.45, 2.75) is 64.2 Å². The Labute approximate surface area is 175 Å². The Bertz CT molecular complexity index is 777. The molecule has 2 aliphatic carbocycles. The molecule has 1 aromatic rings. The predicted molar refractivity (Wildman–Crippen MR) is 115 cm³/mol. The fourth-order valence-electron chi connectivity index (χ4n) is 4.40. The number of benzene rings is 1. The minimum absolute atomic E-state index is 0.0259. The Hall–Kier alpha value is -2.52. The van der Waals surface area contributed by atoms with Gasteiger partial charge in [0.25, 0.3) is 0 Å². The first-order valence-electron chi connectivity index (χ1n) is 11.0. The van der Waals surface area contributed by atoms with E-state index in [0.29, 0.717) is 11.7 Å². The first-order chi connectivity index (χ1) is 14.2. The fourth-order valence-corrected chi connectivity index (χ4v) is 4.40. The lowest BCUT2D eigenvalue weighted by Crippen LogP contribution is -2.25. The van der Waals surface area contributed by atoms with Crippen LogP contribution in [0.1, 0.15) is 69.8 Å². The number of hydrogen-bond donors (Lipinski definition) is 0. The van der Waals surface area contributed by atoms with Gasteiger partial charge in [0.05, 0.1) is 12.0 Å². The fraction of sp³-hybridized carbons (Fsp3) is 0.538. The molecule has 0 saturated heterocycles. The predicted octanol–water partition coefficient (Wildman–Crippen LogP) is 6.05. The summed E-state index contributed by atoms with van der Waals surface area (Å²) >= 11 is 0. The molecule has 2 aliphatic rings. The molecule has 0 heterocycles. The molecule has 0 N–H and O–H groups in total. The van der Waals surface area contributed by atoms with Crippen LogP contribution in [0, 0.1) is 46.8 Å². The van der Waals surface area contributed by atoms with Crippen molar-refractivity contribution in [1.29, 1.82) is 5.26 Å². The number of carbonyl (C=O) groups excluding carboxylic acids is 1. The van der Waals surface area contributed by atoms with Crippen molar-refractivity contribution >= 4 is 5.97 Å². The topological polar surface area (TPSA) is 50.1 Å². The van der Waals surface area contributed by atoms with Crippen LogP contribution >= 0.6 is 0 Å². The second kappa shape index (κ2) is 10.9. The van der Waals surface area contributed by atoms with Crippen LogP contribution in [0.3, 0.4) is 0 Å². The minimum atomic E-state index is -0.0970. The van der Waals surface area contributed by atoms with Gasteiger partial charge in [-0.2, -0.15) is 5.26 Å². The molecule has 3 rings (SSSR count). The molecule has 0 bridgehead atoms. The van der Waals surface area contributed by atoms with Gasteiger partial charge in [0.2, 0.25) is 0 Å². The van der Waals surface area contributed by atoms with Gasteiger partial charge in [0, 0.05) is 17.4 Å². The highest BCUT2D eigenvalue weighted by atomic mass is 16.5. The number of carbonyl (C=O) groups is 1. The highest BCUT2D eigenvalue weighted by Gasteiger charge is 2.27. The molecular weight excluding hydrogens is 358 g/mol. The third-order valence-corrected chi connectivity index (χ3v) is 6.36. The lowest BCUT2D eigenvalue weighted by Gasteiger charge is -2.26. The average molecular weight is 390 g/mol. The summed E-state index contributed by atoms with van der Waals surface area (Å²) in [7, 11) is 0. The Balaban J connectivity index is 1.45. The maximum Gasteiger partial charge on any atom is 0.314 e. The summed E-state index contributed by atoms with van der Waals surface area (Å²) in [5.41, 5.74) is 0.940. The van der Waals surface area contributed by atoms with Crippen LogP contribution in [-0.2, 0) is 4.79 Å². The lowest BCUT2D eigenvalue weighted by atomic mass is 9.80. The first-order valence-corrected chi connectivity index (χ1v) is 11.0. The smallest absolute Gasteiger partial charge is 0.314 e. The van der Waals surface area contributed by atoms with Gasteiger partial charge >= 0.3 is 5.97 Å². The number of rotatable bonds is 5. The number of nitriles is 1. The van der Waals surface area contributed by atoms with Crippen LogP contribution in [0.4, 0.5) is 0 Å². The summed E-state index contributed by atoms with van der Waals surface area (Å²) in [6.07, 6.45) is 12.2. The maximum atomic E-state index is 12.5. The van der Waals surface area contributed by atoms with E-state index in [1.54, 1.807) is 0 Å². The summed E-state index contributed by atoms with van der Waals surface area (Å²) in [4.78, 5) is 12.5. The normalized spacial score (nSPS) is 26.4. The molecule has 0 amide bonds. The van der Waals surface area contributed by atoms with E-state index in [2.05, 4.69) is 24.5 Å². The highest BCUT2D eigenvalue weighted by Crippen LogP contribution is 2.32. The van der Waals surface area contributed by atoms with Gasteiger partial charge in [-0.1, -0.05) is 17.9 Å². The Kier molecular flexibility index (Phi) is 7.94. The molecule has 0 unspecified atom stereocenters. The standard InChI is InChI=1S/C26H31NO2/c1-2-3-4-20-11-15-24(16-12-20)26(28)29-25-17-13-22(14-18-25)6-5-21-7-9-23(19-27)10-8-21/h2,13-14,17-18,20-21,23-24H,1,3-4,7-12,15-16H2/t20-,21-,23-,24-. The van der Waals surface area contributed by atoms with Crippen LogP contribution in [0.2, 0.25) is 0 Å². The van der Waals surface area contributed by atoms with E-state index in [4.69, 9.17) is 10.00 Å². The zero-order valence-corrected chi connectivity index (χ0v) is 17.2. The van der Waals surface area contributed by atoms with Crippen LogP contribution in [0.15, 0.2) is 36.9 Å².